The van der Waals surface area contributed by atoms with Crippen LogP contribution >= 0.6 is 47.2 Å². The van der Waals surface area contributed by atoms with E-state index in [1.807, 2.05) is 0 Å². The number of ether oxygens (including phenoxy) is 1. The number of halogens is 3. The van der Waals surface area contributed by atoms with E-state index in [0.29, 0.717) is 47.5 Å². The van der Waals surface area contributed by atoms with Gasteiger partial charge in [0.1, 0.15) is 11.6 Å². The van der Waals surface area contributed by atoms with Gasteiger partial charge in [0.25, 0.3) is 0 Å². The Bertz CT molecular complexity index is 443. The van der Waals surface area contributed by atoms with Crippen molar-refractivity contribution in [3.05, 3.63) is 22.3 Å². The van der Waals surface area contributed by atoms with Crippen molar-refractivity contribution < 1.29 is 4.74 Å². The number of nitrogens with one attached hydrogen (secondary N) is 1. The lowest BCUT2D eigenvalue weighted by Gasteiger charge is -2.09. The van der Waals surface area contributed by atoms with Gasteiger partial charge >= 0.3 is 0 Å². The lowest BCUT2D eigenvalue weighted by molar-refractivity contribution is 0.310. The molecule has 0 aromatic carbocycles. The predicted octanol–water partition coefficient (Wildman–Crippen LogP) is 2.95. The van der Waals surface area contributed by atoms with Gasteiger partial charge in [-0.2, -0.15) is 0 Å². The maximum absolute atomic E-state index is 5.91. The van der Waals surface area contributed by atoms with Crippen LogP contribution in [-0.4, -0.2) is 30.6 Å². The van der Waals surface area contributed by atoms with E-state index < -0.39 is 0 Å². The van der Waals surface area contributed by atoms with Gasteiger partial charge < -0.3 is 15.8 Å². The third-order valence-corrected chi connectivity index (χ3v) is 2.53. The molecule has 1 heterocycles. The summed E-state index contributed by atoms with van der Waals surface area (Å²) in [7, 11) is 0. The minimum atomic E-state index is 0. The molecule has 3 N–H and O–H groups in total. The molecule has 0 aliphatic carbocycles. The van der Waals surface area contributed by atoms with Gasteiger partial charge in [-0.05, 0) is 12.0 Å². The van der Waals surface area contributed by atoms with Gasteiger partial charge in [-0.15, -0.1) is 24.0 Å². The van der Waals surface area contributed by atoms with Crippen molar-refractivity contribution in [3.63, 3.8) is 0 Å². The molecule has 20 heavy (non-hydrogen) atoms. The smallest absolute Gasteiger partial charge is 0.232 e. The summed E-state index contributed by atoms with van der Waals surface area (Å²) in [5.74, 6) is 1.24. The van der Waals surface area contributed by atoms with Gasteiger partial charge in [-0.1, -0.05) is 37.0 Å². The number of hydrogen-bond donors (Lipinski definition) is 2. The van der Waals surface area contributed by atoms with Gasteiger partial charge in [0.15, 0.2) is 5.96 Å². The molecule has 0 aliphatic rings. The van der Waals surface area contributed by atoms with E-state index in [4.69, 9.17) is 33.7 Å². The standard InChI is InChI=1S/C12H18Cl2N4O.HI/c1-8(2)6-18-12(15)16-3-4-19-11-10(14)5-9(13)7-17-11;/h5,7-8H,3-4,6H2,1-2H3,(H3,15,16,18);1H. The lowest BCUT2D eigenvalue weighted by atomic mass is 10.2. The molecule has 0 radical (unpaired) electrons. The van der Waals surface area contributed by atoms with E-state index in [1.54, 1.807) is 6.07 Å². The average molecular weight is 433 g/mol. The normalized spacial score (nSPS) is 11.2. The zero-order valence-electron chi connectivity index (χ0n) is 11.4. The molecule has 0 spiro atoms. The van der Waals surface area contributed by atoms with Crippen molar-refractivity contribution in [1.82, 2.24) is 10.3 Å². The van der Waals surface area contributed by atoms with Crippen molar-refractivity contribution >= 4 is 53.1 Å². The molecule has 0 saturated heterocycles. The number of rotatable bonds is 6. The Morgan fingerprint density at radius 2 is 2.20 bits per heavy atom. The van der Waals surface area contributed by atoms with E-state index in [9.17, 15) is 0 Å². The Balaban J connectivity index is 0.00000361. The van der Waals surface area contributed by atoms with E-state index in [0.717, 1.165) is 0 Å². The van der Waals surface area contributed by atoms with Crippen LogP contribution in [0.15, 0.2) is 17.3 Å². The molecule has 0 fully saturated rings. The first-order valence-corrected chi connectivity index (χ1v) is 6.72. The molecule has 0 unspecified atom stereocenters. The number of nitrogens with two attached hydrogens (primary N) is 1. The first-order valence-electron chi connectivity index (χ1n) is 5.96. The fourth-order valence-electron chi connectivity index (χ4n) is 1.17. The fraction of sp³-hybridized carbons (Fsp3) is 0.500. The number of aromatic nitrogens is 1. The summed E-state index contributed by atoms with van der Waals surface area (Å²) in [5, 5.41) is 3.80. The van der Waals surface area contributed by atoms with Gasteiger partial charge in [0.05, 0.1) is 11.6 Å². The minimum absolute atomic E-state index is 0. The van der Waals surface area contributed by atoms with Crippen LogP contribution in [0.2, 0.25) is 10.0 Å². The van der Waals surface area contributed by atoms with Gasteiger partial charge in [-0.3, -0.25) is 4.99 Å². The van der Waals surface area contributed by atoms with Crippen molar-refractivity contribution in [2.45, 2.75) is 13.8 Å². The van der Waals surface area contributed by atoms with Crippen molar-refractivity contribution in [2.75, 3.05) is 19.7 Å². The first kappa shape index (κ1) is 19.5. The molecule has 0 aliphatic heterocycles. The second kappa shape index (κ2) is 10.3. The third-order valence-electron chi connectivity index (χ3n) is 2.05. The molecule has 0 saturated carbocycles. The molecule has 0 amide bonds. The molecular formula is C12H19Cl2IN4O. The maximum atomic E-state index is 5.91. The van der Waals surface area contributed by atoms with Gasteiger partial charge in [0, 0.05) is 12.7 Å². The summed E-state index contributed by atoms with van der Waals surface area (Å²) in [6.45, 7) is 5.76. The Kier molecular flexibility index (Phi) is 10.0. The number of hydrogen-bond acceptors (Lipinski definition) is 3. The monoisotopic (exact) mass is 432 g/mol. The highest BCUT2D eigenvalue weighted by Gasteiger charge is 2.03. The van der Waals surface area contributed by atoms with Crippen LogP contribution < -0.4 is 15.8 Å². The molecule has 0 bridgehead atoms. The van der Waals surface area contributed by atoms with Crippen LogP contribution in [-0.2, 0) is 0 Å². The van der Waals surface area contributed by atoms with Crippen LogP contribution in [0.5, 0.6) is 5.88 Å². The molecular weight excluding hydrogens is 414 g/mol. The van der Waals surface area contributed by atoms with Crippen LogP contribution in [0.25, 0.3) is 0 Å². The number of aliphatic imine (C=N–C) groups is 1. The molecule has 8 heteroatoms. The molecule has 1 aromatic rings. The molecule has 0 atom stereocenters. The van der Waals surface area contributed by atoms with Crippen molar-refractivity contribution in [2.24, 2.45) is 16.6 Å². The topological polar surface area (TPSA) is 72.5 Å². The largest absolute Gasteiger partial charge is 0.475 e. The van der Waals surface area contributed by atoms with E-state index in [2.05, 4.69) is 29.1 Å². The van der Waals surface area contributed by atoms with Crippen molar-refractivity contribution in [3.8, 4) is 5.88 Å². The second-order valence-electron chi connectivity index (χ2n) is 4.34. The van der Waals surface area contributed by atoms with Gasteiger partial charge in [0.2, 0.25) is 5.88 Å². The van der Waals surface area contributed by atoms with E-state index in [1.165, 1.54) is 6.20 Å². The third kappa shape index (κ3) is 7.96. The number of guanidine groups is 1. The highest BCUT2D eigenvalue weighted by atomic mass is 127. The van der Waals surface area contributed by atoms with Crippen LogP contribution in [0, 0.1) is 5.92 Å². The van der Waals surface area contributed by atoms with Gasteiger partial charge in [-0.25, -0.2) is 4.98 Å². The Hall–Kier alpha value is -0.470. The first-order chi connectivity index (χ1) is 8.99. The predicted molar refractivity (Wildman–Crippen MR) is 94.5 cm³/mol. The van der Waals surface area contributed by atoms with Crippen LogP contribution in [0.3, 0.4) is 0 Å². The number of nitrogens with zero attached hydrogens (tertiary/aromatic N) is 2. The molecule has 114 valence electrons. The summed E-state index contributed by atoms with van der Waals surface area (Å²) in [4.78, 5) is 8.14. The average Bonchev–Trinajstić information content (AvgIpc) is 2.34. The summed E-state index contributed by atoms with van der Waals surface area (Å²) in [6.07, 6.45) is 1.48. The Morgan fingerprint density at radius 1 is 1.50 bits per heavy atom. The highest BCUT2D eigenvalue weighted by Crippen LogP contribution is 2.24. The summed E-state index contributed by atoms with van der Waals surface area (Å²) in [6, 6.07) is 1.58. The zero-order valence-corrected chi connectivity index (χ0v) is 15.2. The van der Waals surface area contributed by atoms with Crippen LogP contribution in [0.1, 0.15) is 13.8 Å². The zero-order chi connectivity index (χ0) is 14.3. The quantitative estimate of drug-likeness (QED) is 0.313. The summed E-state index contributed by atoms with van der Waals surface area (Å²) >= 11 is 11.6. The maximum Gasteiger partial charge on any atom is 0.232 e. The lowest BCUT2D eigenvalue weighted by Crippen LogP contribution is -2.35. The van der Waals surface area contributed by atoms with E-state index in [-0.39, 0.29) is 24.0 Å². The summed E-state index contributed by atoms with van der Waals surface area (Å²) in [5.41, 5.74) is 5.68. The fourth-order valence-corrected chi connectivity index (χ4v) is 1.61. The SMILES string of the molecule is CC(C)CN=C(N)NCCOc1ncc(Cl)cc1Cl.I. The van der Waals surface area contributed by atoms with E-state index >= 15 is 0 Å². The molecule has 5 nitrogen and oxygen atoms in total. The highest BCUT2D eigenvalue weighted by molar-refractivity contribution is 14.0. The minimum Gasteiger partial charge on any atom is -0.475 e. The molecule has 1 rings (SSSR count). The summed E-state index contributed by atoms with van der Waals surface area (Å²) < 4.78 is 5.39. The van der Waals surface area contributed by atoms with Crippen molar-refractivity contribution in [1.29, 1.82) is 0 Å². The number of pyridine rings is 1. The van der Waals surface area contributed by atoms with Crippen LogP contribution in [0.4, 0.5) is 0 Å². The molecule has 1 aromatic heterocycles. The Morgan fingerprint density at radius 3 is 2.80 bits per heavy atom. The second-order valence-corrected chi connectivity index (χ2v) is 5.18. The Labute approximate surface area is 146 Å².